The van der Waals surface area contributed by atoms with E-state index in [9.17, 15) is 9.59 Å². The number of hydrogen-bond donors (Lipinski definition) is 1. The SMILES string of the molecule is O=C(OCCCCO)c1ccc2ccc(=O)oc2c1. The number of esters is 1. The summed E-state index contributed by atoms with van der Waals surface area (Å²) in [6, 6.07) is 7.77. The van der Waals surface area contributed by atoms with Gasteiger partial charge in [0.25, 0.3) is 0 Å². The number of unbranched alkanes of at least 4 members (excludes halogenated alkanes) is 1. The minimum atomic E-state index is -0.466. The summed E-state index contributed by atoms with van der Waals surface area (Å²) in [5, 5.41) is 9.36. The Morgan fingerprint density at radius 2 is 2.00 bits per heavy atom. The van der Waals surface area contributed by atoms with Crippen LogP contribution in [0.1, 0.15) is 23.2 Å². The molecule has 0 saturated carbocycles. The van der Waals surface area contributed by atoms with Gasteiger partial charge in [0.1, 0.15) is 5.58 Å². The Morgan fingerprint density at radius 1 is 1.21 bits per heavy atom. The molecule has 0 radical (unpaired) electrons. The first-order chi connectivity index (χ1) is 9.20. The third kappa shape index (κ3) is 3.42. The molecular formula is C14H14O5. The van der Waals surface area contributed by atoms with Crippen LogP contribution in [0, 0.1) is 0 Å². The van der Waals surface area contributed by atoms with Gasteiger partial charge in [-0.3, -0.25) is 0 Å². The molecule has 2 aromatic rings. The molecule has 0 aliphatic rings. The van der Waals surface area contributed by atoms with E-state index in [0.717, 1.165) is 5.39 Å². The maximum Gasteiger partial charge on any atom is 0.338 e. The molecule has 1 heterocycles. The number of fused-ring (bicyclic) bond motifs is 1. The lowest BCUT2D eigenvalue weighted by atomic mass is 10.1. The molecule has 100 valence electrons. The Bertz CT molecular complexity index is 629. The second-order valence-corrected chi connectivity index (χ2v) is 4.07. The zero-order valence-electron chi connectivity index (χ0n) is 10.3. The number of carbonyl (C=O) groups is 1. The van der Waals surface area contributed by atoms with Gasteiger partial charge < -0.3 is 14.3 Å². The van der Waals surface area contributed by atoms with Crippen molar-refractivity contribution >= 4 is 16.9 Å². The monoisotopic (exact) mass is 262 g/mol. The minimum Gasteiger partial charge on any atom is -0.462 e. The highest BCUT2D eigenvalue weighted by molar-refractivity contribution is 5.93. The molecule has 0 saturated heterocycles. The Balaban J connectivity index is 2.11. The van der Waals surface area contributed by atoms with Crippen LogP contribution in [0.15, 0.2) is 39.5 Å². The molecule has 1 aromatic carbocycles. The van der Waals surface area contributed by atoms with Crippen molar-refractivity contribution in [1.29, 1.82) is 0 Å². The van der Waals surface area contributed by atoms with Gasteiger partial charge in [0.05, 0.1) is 12.2 Å². The van der Waals surface area contributed by atoms with Crippen molar-refractivity contribution in [3.63, 3.8) is 0 Å². The van der Waals surface area contributed by atoms with Crippen molar-refractivity contribution in [2.75, 3.05) is 13.2 Å². The summed E-state index contributed by atoms with van der Waals surface area (Å²) in [7, 11) is 0. The van der Waals surface area contributed by atoms with Crippen molar-refractivity contribution in [3.8, 4) is 0 Å². The number of aliphatic hydroxyl groups excluding tert-OH is 1. The predicted molar refractivity (Wildman–Crippen MR) is 69.1 cm³/mol. The van der Waals surface area contributed by atoms with Gasteiger partial charge in [-0.2, -0.15) is 0 Å². The highest BCUT2D eigenvalue weighted by Gasteiger charge is 2.08. The van der Waals surface area contributed by atoms with E-state index in [0.29, 0.717) is 24.0 Å². The lowest BCUT2D eigenvalue weighted by Gasteiger charge is -2.04. The van der Waals surface area contributed by atoms with E-state index in [-0.39, 0.29) is 13.2 Å². The first-order valence-electron chi connectivity index (χ1n) is 6.02. The molecule has 0 aliphatic carbocycles. The third-order valence-corrected chi connectivity index (χ3v) is 2.64. The van der Waals surface area contributed by atoms with E-state index in [4.69, 9.17) is 14.3 Å². The average Bonchev–Trinajstić information content (AvgIpc) is 2.42. The number of aliphatic hydroxyl groups is 1. The topological polar surface area (TPSA) is 76.7 Å². The fourth-order valence-corrected chi connectivity index (χ4v) is 1.65. The minimum absolute atomic E-state index is 0.0820. The van der Waals surface area contributed by atoms with Crippen molar-refractivity contribution < 1.29 is 19.1 Å². The predicted octanol–water partition coefficient (Wildman–Crippen LogP) is 1.72. The molecule has 2 rings (SSSR count). The molecule has 0 amide bonds. The van der Waals surface area contributed by atoms with Crippen LogP contribution in [0.2, 0.25) is 0 Å². The van der Waals surface area contributed by atoms with Crippen molar-refractivity contribution in [2.24, 2.45) is 0 Å². The number of carbonyl (C=O) groups excluding carboxylic acids is 1. The second kappa shape index (κ2) is 6.15. The van der Waals surface area contributed by atoms with E-state index in [1.807, 2.05) is 0 Å². The van der Waals surface area contributed by atoms with Gasteiger partial charge in [0, 0.05) is 18.1 Å². The van der Waals surface area contributed by atoms with Crippen molar-refractivity contribution in [3.05, 3.63) is 46.3 Å². The van der Waals surface area contributed by atoms with Gasteiger partial charge >= 0.3 is 11.6 Å². The zero-order chi connectivity index (χ0) is 13.7. The Labute approximate surface area is 109 Å². The number of benzene rings is 1. The summed E-state index contributed by atoms with van der Waals surface area (Å²) < 4.78 is 10.0. The maximum absolute atomic E-state index is 11.7. The van der Waals surface area contributed by atoms with Crippen LogP contribution in [0.25, 0.3) is 11.0 Å². The number of hydrogen-bond acceptors (Lipinski definition) is 5. The lowest BCUT2D eigenvalue weighted by molar-refractivity contribution is 0.0492. The van der Waals surface area contributed by atoms with Gasteiger partial charge in [-0.15, -0.1) is 0 Å². The van der Waals surface area contributed by atoms with E-state index < -0.39 is 11.6 Å². The first kappa shape index (κ1) is 13.3. The third-order valence-electron chi connectivity index (χ3n) is 2.64. The summed E-state index contributed by atoms with van der Waals surface area (Å²) in [4.78, 5) is 22.8. The number of ether oxygens (including phenoxy) is 1. The molecule has 5 heteroatoms. The fraction of sp³-hybridized carbons (Fsp3) is 0.286. The summed E-state index contributed by atoms with van der Waals surface area (Å²) in [5.74, 6) is -0.466. The Kier molecular flexibility index (Phi) is 4.30. The molecule has 0 spiro atoms. The molecule has 19 heavy (non-hydrogen) atoms. The summed E-state index contributed by atoms with van der Waals surface area (Å²) in [5.41, 5.74) is 0.240. The largest absolute Gasteiger partial charge is 0.462 e. The smallest absolute Gasteiger partial charge is 0.338 e. The molecule has 0 unspecified atom stereocenters. The van der Waals surface area contributed by atoms with E-state index in [1.54, 1.807) is 18.2 Å². The number of rotatable bonds is 5. The van der Waals surface area contributed by atoms with Crippen LogP contribution in [-0.2, 0) is 4.74 Å². The summed E-state index contributed by atoms with van der Waals surface area (Å²) in [6.45, 7) is 0.342. The highest BCUT2D eigenvalue weighted by atomic mass is 16.5. The van der Waals surface area contributed by atoms with Gasteiger partial charge in [0.2, 0.25) is 0 Å². The summed E-state index contributed by atoms with van der Waals surface area (Å²) >= 11 is 0. The van der Waals surface area contributed by atoms with E-state index >= 15 is 0 Å². The van der Waals surface area contributed by atoms with E-state index in [2.05, 4.69) is 0 Å². The van der Waals surface area contributed by atoms with Crippen LogP contribution in [0.4, 0.5) is 0 Å². The quantitative estimate of drug-likeness (QED) is 0.504. The lowest BCUT2D eigenvalue weighted by Crippen LogP contribution is -2.07. The second-order valence-electron chi connectivity index (χ2n) is 4.07. The van der Waals surface area contributed by atoms with E-state index in [1.165, 1.54) is 12.1 Å². The molecule has 0 aliphatic heterocycles. The Morgan fingerprint density at radius 3 is 2.79 bits per heavy atom. The van der Waals surface area contributed by atoms with Crippen LogP contribution in [0.5, 0.6) is 0 Å². The van der Waals surface area contributed by atoms with Gasteiger partial charge in [-0.1, -0.05) is 6.07 Å². The standard InChI is InChI=1S/C14H14O5/c15-7-1-2-8-18-14(17)11-4-3-10-5-6-13(16)19-12(10)9-11/h3-6,9,15H,1-2,7-8H2. The van der Waals surface area contributed by atoms with Gasteiger partial charge in [0.15, 0.2) is 0 Å². The average molecular weight is 262 g/mol. The molecular weight excluding hydrogens is 248 g/mol. The maximum atomic E-state index is 11.7. The van der Waals surface area contributed by atoms with Gasteiger partial charge in [-0.05, 0) is 31.0 Å². The first-order valence-corrected chi connectivity index (χ1v) is 6.02. The van der Waals surface area contributed by atoms with Gasteiger partial charge in [-0.25, -0.2) is 9.59 Å². The van der Waals surface area contributed by atoms with Crippen molar-refractivity contribution in [1.82, 2.24) is 0 Å². The van der Waals surface area contributed by atoms with Crippen LogP contribution in [0.3, 0.4) is 0 Å². The Hall–Kier alpha value is -2.14. The van der Waals surface area contributed by atoms with Crippen LogP contribution < -0.4 is 5.63 Å². The summed E-state index contributed by atoms with van der Waals surface area (Å²) in [6.07, 6.45) is 1.21. The highest BCUT2D eigenvalue weighted by Crippen LogP contribution is 2.14. The zero-order valence-corrected chi connectivity index (χ0v) is 10.3. The molecule has 0 bridgehead atoms. The van der Waals surface area contributed by atoms with Crippen LogP contribution in [-0.4, -0.2) is 24.3 Å². The molecule has 5 nitrogen and oxygen atoms in total. The molecule has 1 aromatic heterocycles. The molecule has 0 fully saturated rings. The van der Waals surface area contributed by atoms with Crippen molar-refractivity contribution in [2.45, 2.75) is 12.8 Å². The van der Waals surface area contributed by atoms with Crippen LogP contribution >= 0.6 is 0 Å². The normalized spacial score (nSPS) is 10.6. The molecule has 0 atom stereocenters. The molecule has 1 N–H and O–H groups in total. The fourth-order valence-electron chi connectivity index (χ4n) is 1.65.